The van der Waals surface area contributed by atoms with E-state index in [9.17, 15) is 5.11 Å². The number of halogens is 1. The van der Waals surface area contributed by atoms with Gasteiger partial charge < -0.3 is 15.2 Å². The van der Waals surface area contributed by atoms with Gasteiger partial charge in [0.2, 0.25) is 0 Å². The molecule has 0 saturated carbocycles. The van der Waals surface area contributed by atoms with Crippen molar-refractivity contribution in [1.29, 1.82) is 0 Å². The van der Waals surface area contributed by atoms with Crippen LogP contribution in [0.1, 0.15) is 30.1 Å². The zero-order chi connectivity index (χ0) is 11.0. The van der Waals surface area contributed by atoms with Crippen molar-refractivity contribution >= 4 is 12.4 Å². The second-order valence-electron chi connectivity index (χ2n) is 4.63. The van der Waals surface area contributed by atoms with Gasteiger partial charge in [0.1, 0.15) is 5.75 Å². The summed E-state index contributed by atoms with van der Waals surface area (Å²) in [6.07, 6.45) is 3.53. The maximum atomic E-state index is 9.52. The molecule has 1 aromatic rings. The molecule has 0 aromatic heterocycles. The van der Waals surface area contributed by atoms with Crippen molar-refractivity contribution in [3.63, 3.8) is 0 Å². The largest absolute Gasteiger partial charge is 0.508 e. The number of ether oxygens (including phenoxy) is 1. The van der Waals surface area contributed by atoms with Gasteiger partial charge in [0.05, 0.1) is 12.7 Å². The molecular formula is C13H18ClNO2. The SMILES string of the molecule is Cl.Oc1ccc2c(c1)CCCC1NCCOC21. The van der Waals surface area contributed by atoms with Gasteiger partial charge in [-0.2, -0.15) is 0 Å². The summed E-state index contributed by atoms with van der Waals surface area (Å²) in [5, 5.41) is 13.0. The lowest BCUT2D eigenvalue weighted by atomic mass is 9.97. The van der Waals surface area contributed by atoms with Crippen molar-refractivity contribution in [1.82, 2.24) is 5.32 Å². The smallest absolute Gasteiger partial charge is 0.115 e. The highest BCUT2D eigenvalue weighted by molar-refractivity contribution is 5.85. The molecular weight excluding hydrogens is 238 g/mol. The van der Waals surface area contributed by atoms with Crippen LogP contribution in [0.2, 0.25) is 0 Å². The number of benzene rings is 1. The van der Waals surface area contributed by atoms with Gasteiger partial charge in [0.25, 0.3) is 0 Å². The number of phenolic OH excluding ortho intramolecular Hbond substituents is 1. The first-order chi connectivity index (χ1) is 7.84. The van der Waals surface area contributed by atoms with Crippen LogP contribution in [0.3, 0.4) is 0 Å². The minimum Gasteiger partial charge on any atom is -0.508 e. The third kappa shape index (κ3) is 2.41. The summed E-state index contributed by atoms with van der Waals surface area (Å²) in [5.41, 5.74) is 2.50. The molecule has 0 spiro atoms. The molecule has 2 aliphatic rings. The monoisotopic (exact) mass is 255 g/mol. The van der Waals surface area contributed by atoms with E-state index in [1.807, 2.05) is 12.1 Å². The van der Waals surface area contributed by atoms with Crippen LogP contribution in [-0.2, 0) is 11.2 Å². The average Bonchev–Trinajstić information content (AvgIpc) is 2.47. The number of hydrogen-bond acceptors (Lipinski definition) is 3. The number of morpholine rings is 1. The standard InChI is InChI=1S/C13H17NO2.ClH/c15-10-4-5-11-9(8-10)2-1-3-12-13(11)16-7-6-14-12;/h4-5,8,12-15H,1-3,6-7H2;1H. The third-order valence-electron chi connectivity index (χ3n) is 3.57. The normalized spacial score (nSPS) is 27.3. The molecule has 1 aliphatic heterocycles. The predicted molar refractivity (Wildman–Crippen MR) is 68.8 cm³/mol. The van der Waals surface area contributed by atoms with E-state index in [4.69, 9.17) is 4.74 Å². The fourth-order valence-electron chi connectivity index (χ4n) is 2.81. The van der Waals surface area contributed by atoms with E-state index in [0.717, 1.165) is 32.4 Å². The molecule has 0 radical (unpaired) electrons. The van der Waals surface area contributed by atoms with Gasteiger partial charge in [0, 0.05) is 12.6 Å². The number of aryl methyl sites for hydroxylation is 1. The highest BCUT2D eigenvalue weighted by Crippen LogP contribution is 2.34. The van der Waals surface area contributed by atoms with Crippen LogP contribution in [-0.4, -0.2) is 24.3 Å². The summed E-state index contributed by atoms with van der Waals surface area (Å²) in [7, 11) is 0. The van der Waals surface area contributed by atoms with Crippen molar-refractivity contribution in [3.05, 3.63) is 29.3 Å². The van der Waals surface area contributed by atoms with Crippen molar-refractivity contribution in [2.24, 2.45) is 0 Å². The van der Waals surface area contributed by atoms with Gasteiger partial charge in [-0.15, -0.1) is 12.4 Å². The number of phenols is 1. The molecule has 1 saturated heterocycles. The van der Waals surface area contributed by atoms with Crippen LogP contribution in [0.4, 0.5) is 0 Å². The van der Waals surface area contributed by atoms with Crippen molar-refractivity contribution in [2.75, 3.05) is 13.2 Å². The van der Waals surface area contributed by atoms with Crippen LogP contribution in [0.5, 0.6) is 5.75 Å². The highest BCUT2D eigenvalue weighted by atomic mass is 35.5. The summed E-state index contributed by atoms with van der Waals surface area (Å²) in [6.45, 7) is 1.73. The second-order valence-corrected chi connectivity index (χ2v) is 4.63. The fraction of sp³-hybridized carbons (Fsp3) is 0.538. The molecule has 2 atom stereocenters. The maximum Gasteiger partial charge on any atom is 0.115 e. The summed E-state index contributed by atoms with van der Waals surface area (Å²) in [6, 6.07) is 6.11. The molecule has 2 unspecified atom stereocenters. The molecule has 0 amide bonds. The minimum absolute atomic E-state index is 0. The van der Waals surface area contributed by atoms with Gasteiger partial charge in [-0.3, -0.25) is 0 Å². The lowest BCUT2D eigenvalue weighted by molar-refractivity contribution is -0.00646. The quantitative estimate of drug-likeness (QED) is 0.747. The Hall–Kier alpha value is -0.770. The molecule has 1 aromatic carbocycles. The molecule has 1 heterocycles. The van der Waals surface area contributed by atoms with Gasteiger partial charge >= 0.3 is 0 Å². The molecule has 1 aliphatic carbocycles. The van der Waals surface area contributed by atoms with Crippen LogP contribution in [0.25, 0.3) is 0 Å². The van der Waals surface area contributed by atoms with Crippen LogP contribution >= 0.6 is 12.4 Å². The molecule has 3 nitrogen and oxygen atoms in total. The average molecular weight is 256 g/mol. The van der Waals surface area contributed by atoms with Crippen molar-refractivity contribution in [3.8, 4) is 5.75 Å². The van der Waals surface area contributed by atoms with E-state index in [1.54, 1.807) is 6.07 Å². The molecule has 3 rings (SSSR count). The summed E-state index contributed by atoms with van der Waals surface area (Å²) in [5.74, 6) is 0.362. The van der Waals surface area contributed by atoms with Crippen molar-refractivity contribution < 1.29 is 9.84 Å². The molecule has 1 fully saturated rings. The zero-order valence-electron chi connectivity index (χ0n) is 9.69. The zero-order valence-corrected chi connectivity index (χ0v) is 10.5. The first kappa shape index (κ1) is 12.7. The summed E-state index contributed by atoms with van der Waals surface area (Å²) in [4.78, 5) is 0. The number of rotatable bonds is 0. The Morgan fingerprint density at radius 3 is 3.12 bits per heavy atom. The van der Waals surface area contributed by atoms with E-state index in [2.05, 4.69) is 5.32 Å². The predicted octanol–water partition coefficient (Wildman–Crippen LogP) is 2.18. The number of nitrogens with one attached hydrogen (secondary N) is 1. The molecule has 0 bridgehead atoms. The Balaban J connectivity index is 0.00000108. The Kier molecular flexibility index (Phi) is 3.92. The topological polar surface area (TPSA) is 41.5 Å². The van der Waals surface area contributed by atoms with E-state index in [0.29, 0.717) is 11.8 Å². The van der Waals surface area contributed by atoms with E-state index < -0.39 is 0 Å². The van der Waals surface area contributed by atoms with E-state index in [-0.39, 0.29) is 18.5 Å². The Morgan fingerprint density at radius 2 is 2.24 bits per heavy atom. The fourth-order valence-corrected chi connectivity index (χ4v) is 2.81. The first-order valence-electron chi connectivity index (χ1n) is 6.01. The first-order valence-corrected chi connectivity index (χ1v) is 6.01. The van der Waals surface area contributed by atoms with E-state index >= 15 is 0 Å². The highest BCUT2D eigenvalue weighted by Gasteiger charge is 2.30. The number of aromatic hydroxyl groups is 1. The van der Waals surface area contributed by atoms with Crippen LogP contribution < -0.4 is 5.32 Å². The summed E-state index contributed by atoms with van der Waals surface area (Å²) >= 11 is 0. The molecule has 17 heavy (non-hydrogen) atoms. The van der Waals surface area contributed by atoms with Crippen LogP contribution in [0, 0.1) is 0 Å². The lowest BCUT2D eigenvalue weighted by Gasteiger charge is -2.32. The summed E-state index contributed by atoms with van der Waals surface area (Å²) < 4.78 is 5.88. The molecule has 2 N–H and O–H groups in total. The second kappa shape index (κ2) is 5.25. The van der Waals surface area contributed by atoms with Gasteiger partial charge in [0.15, 0.2) is 0 Å². The Morgan fingerprint density at radius 1 is 1.35 bits per heavy atom. The minimum atomic E-state index is 0. The molecule has 4 heteroatoms. The number of hydrogen-bond donors (Lipinski definition) is 2. The number of fused-ring (bicyclic) bond motifs is 3. The molecule has 94 valence electrons. The van der Waals surface area contributed by atoms with Crippen molar-refractivity contribution in [2.45, 2.75) is 31.4 Å². The van der Waals surface area contributed by atoms with Gasteiger partial charge in [-0.05, 0) is 42.5 Å². The Labute approximate surface area is 108 Å². The lowest BCUT2D eigenvalue weighted by Crippen LogP contribution is -2.43. The van der Waals surface area contributed by atoms with E-state index in [1.165, 1.54) is 11.1 Å². The van der Waals surface area contributed by atoms with Gasteiger partial charge in [-0.1, -0.05) is 6.07 Å². The Bertz CT molecular complexity index is 397. The maximum absolute atomic E-state index is 9.52. The van der Waals surface area contributed by atoms with Crippen LogP contribution in [0.15, 0.2) is 18.2 Å². The third-order valence-corrected chi connectivity index (χ3v) is 3.57. The van der Waals surface area contributed by atoms with Gasteiger partial charge in [-0.25, -0.2) is 0 Å².